The molecule has 0 aliphatic carbocycles. The Morgan fingerprint density at radius 2 is 2.03 bits per heavy atom. The Bertz CT molecular complexity index is 1200. The fourth-order valence-electron chi connectivity index (χ4n) is 3.55. The number of para-hydroxylation sites is 2. The van der Waals surface area contributed by atoms with Gasteiger partial charge in [-0.3, -0.25) is 4.79 Å². The number of allylic oxidation sites excluding steroid dienone is 1. The van der Waals surface area contributed by atoms with Crippen molar-refractivity contribution in [3.63, 3.8) is 0 Å². The summed E-state index contributed by atoms with van der Waals surface area (Å²) < 4.78 is 37.6. The Labute approximate surface area is 186 Å². The lowest BCUT2D eigenvalue weighted by Gasteiger charge is -2.30. The maximum Gasteiger partial charge on any atom is 0.387 e. The monoisotopic (exact) mass is 461 g/mol. The number of alkyl halides is 2. The Kier molecular flexibility index (Phi) is 5.95. The first-order chi connectivity index (χ1) is 15.4. The number of hydrogen-bond acceptors (Lipinski definition) is 6. The second kappa shape index (κ2) is 8.83. The number of nitrogens with zero attached hydrogens (tertiary/aromatic N) is 3. The van der Waals surface area contributed by atoms with Crippen LogP contribution in [0.4, 0.5) is 20.4 Å². The normalized spacial score (nSPS) is 15.2. The van der Waals surface area contributed by atoms with Crippen LogP contribution in [0.1, 0.15) is 18.5 Å². The van der Waals surface area contributed by atoms with E-state index >= 15 is 0 Å². The van der Waals surface area contributed by atoms with Gasteiger partial charge >= 0.3 is 6.61 Å². The quantitative estimate of drug-likeness (QED) is 0.563. The summed E-state index contributed by atoms with van der Waals surface area (Å²) in [5.74, 6) is 0.177. The number of aromatic nitrogens is 3. The van der Waals surface area contributed by atoms with Crippen LogP contribution in [-0.4, -0.2) is 34.4 Å². The smallest absolute Gasteiger partial charge is 0.387 e. The minimum Gasteiger partial charge on any atom is -0.495 e. The number of fused-ring (bicyclic) bond motifs is 1. The van der Waals surface area contributed by atoms with Crippen LogP contribution in [0.2, 0.25) is 5.02 Å². The predicted molar refractivity (Wildman–Crippen MR) is 114 cm³/mol. The van der Waals surface area contributed by atoms with E-state index in [2.05, 4.69) is 20.7 Å². The van der Waals surface area contributed by atoms with E-state index in [-0.39, 0.29) is 21.9 Å². The summed E-state index contributed by atoms with van der Waals surface area (Å²) in [6.07, 6.45) is 1.29. The van der Waals surface area contributed by atoms with E-state index in [0.717, 1.165) is 0 Å². The van der Waals surface area contributed by atoms with Gasteiger partial charge in [0.1, 0.15) is 23.9 Å². The lowest BCUT2D eigenvalue weighted by atomic mass is 9.94. The molecule has 1 atom stereocenters. The molecular formula is C21H18ClF2N5O3. The van der Waals surface area contributed by atoms with Crippen LogP contribution in [0.3, 0.4) is 0 Å². The average Bonchev–Trinajstić information content (AvgIpc) is 3.22. The Morgan fingerprint density at radius 1 is 1.25 bits per heavy atom. The molecule has 2 aromatic carbocycles. The zero-order chi connectivity index (χ0) is 22.8. The number of ether oxygens (including phenoxy) is 2. The number of rotatable bonds is 6. The molecule has 0 spiro atoms. The molecule has 11 heteroatoms. The summed E-state index contributed by atoms with van der Waals surface area (Å²) in [4.78, 5) is 17.6. The molecule has 2 N–H and O–H groups in total. The van der Waals surface area contributed by atoms with Crippen molar-refractivity contribution in [3.8, 4) is 11.5 Å². The summed E-state index contributed by atoms with van der Waals surface area (Å²) in [5, 5.41) is 10.3. The maximum absolute atomic E-state index is 13.4. The van der Waals surface area contributed by atoms with Crippen molar-refractivity contribution >= 4 is 29.1 Å². The van der Waals surface area contributed by atoms with Crippen molar-refractivity contribution in [2.45, 2.75) is 19.6 Å². The third-order valence-corrected chi connectivity index (χ3v) is 5.11. The zero-order valence-corrected chi connectivity index (χ0v) is 17.7. The number of carbonyl (C=O) groups is 1. The molecular weight excluding hydrogens is 444 g/mol. The van der Waals surface area contributed by atoms with Crippen LogP contribution in [-0.2, 0) is 4.79 Å². The highest BCUT2D eigenvalue weighted by Gasteiger charge is 2.36. The average molecular weight is 462 g/mol. The van der Waals surface area contributed by atoms with E-state index in [4.69, 9.17) is 21.1 Å². The van der Waals surface area contributed by atoms with Crippen molar-refractivity contribution in [1.29, 1.82) is 0 Å². The summed E-state index contributed by atoms with van der Waals surface area (Å²) in [5.41, 5.74) is 1.36. The van der Waals surface area contributed by atoms with E-state index < -0.39 is 18.6 Å². The molecule has 3 aromatic rings. The molecule has 4 rings (SSSR count). The fraction of sp³-hybridized carbons (Fsp3) is 0.190. The molecule has 0 fully saturated rings. The third-order valence-electron chi connectivity index (χ3n) is 4.88. The molecule has 8 nitrogen and oxygen atoms in total. The first-order valence-electron chi connectivity index (χ1n) is 9.45. The molecule has 1 aliphatic rings. The van der Waals surface area contributed by atoms with Crippen LogP contribution in [0, 0.1) is 0 Å². The molecule has 1 unspecified atom stereocenters. The minimum absolute atomic E-state index is 0.131. The highest BCUT2D eigenvalue weighted by atomic mass is 35.5. The highest BCUT2D eigenvalue weighted by molar-refractivity contribution is 6.30. The molecule has 1 aliphatic heterocycles. The van der Waals surface area contributed by atoms with Gasteiger partial charge in [-0.1, -0.05) is 23.7 Å². The largest absolute Gasteiger partial charge is 0.495 e. The zero-order valence-electron chi connectivity index (χ0n) is 17.0. The first kappa shape index (κ1) is 21.6. The Balaban J connectivity index is 1.83. The molecule has 2 heterocycles. The number of benzene rings is 2. The number of methoxy groups -OCH3 is 1. The molecule has 166 valence electrons. The van der Waals surface area contributed by atoms with Crippen LogP contribution in [0.25, 0.3) is 0 Å². The van der Waals surface area contributed by atoms with Crippen molar-refractivity contribution in [2.75, 3.05) is 17.7 Å². The molecule has 32 heavy (non-hydrogen) atoms. The molecule has 1 aromatic heterocycles. The molecule has 0 saturated carbocycles. The van der Waals surface area contributed by atoms with Gasteiger partial charge in [0.05, 0.1) is 18.4 Å². The Morgan fingerprint density at radius 3 is 2.78 bits per heavy atom. The number of amides is 1. The molecule has 1 amide bonds. The van der Waals surface area contributed by atoms with Crippen molar-refractivity contribution in [3.05, 3.63) is 70.6 Å². The van der Waals surface area contributed by atoms with Crippen molar-refractivity contribution in [1.82, 2.24) is 14.8 Å². The molecule has 0 saturated heterocycles. The lowest BCUT2D eigenvalue weighted by Crippen LogP contribution is -2.32. The van der Waals surface area contributed by atoms with Gasteiger partial charge in [0.25, 0.3) is 5.91 Å². The van der Waals surface area contributed by atoms with Crippen LogP contribution in [0.5, 0.6) is 11.5 Å². The van der Waals surface area contributed by atoms with Gasteiger partial charge < -0.3 is 20.1 Å². The van der Waals surface area contributed by atoms with E-state index in [1.54, 1.807) is 31.2 Å². The number of carbonyl (C=O) groups excluding carboxylic acids is 1. The summed E-state index contributed by atoms with van der Waals surface area (Å²) >= 11 is 6.17. The second-order valence-corrected chi connectivity index (χ2v) is 7.25. The Hall–Kier alpha value is -3.66. The number of halogens is 3. The predicted octanol–water partition coefficient (Wildman–Crippen LogP) is 4.47. The van der Waals surface area contributed by atoms with Gasteiger partial charge in [-0.25, -0.2) is 4.68 Å². The summed E-state index contributed by atoms with van der Waals surface area (Å²) in [6, 6.07) is 10.2. The fourth-order valence-corrected chi connectivity index (χ4v) is 3.73. The van der Waals surface area contributed by atoms with Gasteiger partial charge in [-0.15, -0.1) is 0 Å². The van der Waals surface area contributed by atoms with E-state index in [1.165, 1.54) is 36.3 Å². The first-order valence-corrected chi connectivity index (χ1v) is 9.82. The SMILES string of the molecule is COc1ccccc1NC(=O)C1=C(C)Nc2ncnn2C1c1cc(Cl)ccc1OC(F)F. The van der Waals surface area contributed by atoms with Crippen molar-refractivity contribution < 1.29 is 23.0 Å². The van der Waals surface area contributed by atoms with Gasteiger partial charge in [0.2, 0.25) is 5.95 Å². The number of nitrogens with one attached hydrogen (secondary N) is 2. The lowest BCUT2D eigenvalue weighted by molar-refractivity contribution is -0.113. The summed E-state index contributed by atoms with van der Waals surface area (Å²) in [6.45, 7) is -1.39. The number of hydrogen-bond donors (Lipinski definition) is 2. The third kappa shape index (κ3) is 4.09. The molecule has 0 bridgehead atoms. The highest BCUT2D eigenvalue weighted by Crippen LogP contribution is 2.41. The minimum atomic E-state index is -3.07. The van der Waals surface area contributed by atoms with E-state index in [0.29, 0.717) is 23.1 Å². The van der Waals surface area contributed by atoms with Gasteiger partial charge in [0, 0.05) is 16.3 Å². The van der Waals surface area contributed by atoms with Gasteiger partial charge in [-0.05, 0) is 37.3 Å². The van der Waals surface area contributed by atoms with E-state index in [9.17, 15) is 13.6 Å². The number of anilines is 2. The van der Waals surface area contributed by atoms with E-state index in [1.807, 2.05) is 0 Å². The van der Waals surface area contributed by atoms with Crippen LogP contribution < -0.4 is 20.1 Å². The van der Waals surface area contributed by atoms with Crippen LogP contribution >= 0.6 is 11.6 Å². The van der Waals surface area contributed by atoms with Gasteiger partial charge in [-0.2, -0.15) is 18.9 Å². The summed E-state index contributed by atoms with van der Waals surface area (Å²) in [7, 11) is 1.49. The van der Waals surface area contributed by atoms with Crippen molar-refractivity contribution in [2.24, 2.45) is 0 Å². The second-order valence-electron chi connectivity index (χ2n) is 6.81. The van der Waals surface area contributed by atoms with Gasteiger partial charge in [0.15, 0.2) is 0 Å². The molecule has 0 radical (unpaired) electrons. The maximum atomic E-state index is 13.4. The van der Waals surface area contributed by atoms with Crippen LogP contribution in [0.15, 0.2) is 60.1 Å². The topological polar surface area (TPSA) is 90.3 Å². The standard InChI is InChI=1S/C21H18ClF2N5O3/c1-11-17(19(30)28-14-5-3-4-6-16(14)31-2)18(29-21(27-11)25-10-26-29)13-9-12(22)7-8-15(13)32-20(23)24/h3-10,18,20H,1-2H3,(H,28,30)(H,25,26,27).